The molecule has 1 aromatic heterocycles. The minimum atomic E-state index is -0.387. The molecule has 0 unspecified atom stereocenters. The molecule has 2 rings (SSSR count). The summed E-state index contributed by atoms with van der Waals surface area (Å²) >= 11 is 3.23. The second-order valence-corrected chi connectivity index (χ2v) is 5.12. The number of aryl methyl sites for hydroxylation is 1. The third kappa shape index (κ3) is 3.64. The maximum absolute atomic E-state index is 11.0. The van der Waals surface area contributed by atoms with Gasteiger partial charge in [-0.3, -0.25) is 10.1 Å². The Morgan fingerprint density at radius 1 is 1.45 bits per heavy atom. The van der Waals surface area contributed by atoms with Crippen LogP contribution in [0.1, 0.15) is 24.1 Å². The van der Waals surface area contributed by atoms with Gasteiger partial charge < -0.3 is 9.73 Å². The van der Waals surface area contributed by atoms with Gasteiger partial charge in [-0.15, -0.1) is 0 Å². The van der Waals surface area contributed by atoms with Crippen molar-refractivity contribution in [1.82, 2.24) is 10.3 Å². The lowest BCUT2D eigenvalue weighted by Crippen LogP contribution is -2.14. The Bertz CT molecular complexity index is 613. The van der Waals surface area contributed by atoms with E-state index in [1.165, 1.54) is 6.07 Å². The molecule has 1 N–H and O–H groups in total. The standard InChI is InChI=1S/C13H14BrN3O3/c1-2-11-7-16-13(20-11)8-15-6-9-3-4-10(14)5-12(9)17(18)19/h3-5,7,15H,2,6,8H2,1H3. The smallest absolute Gasteiger partial charge is 0.275 e. The molecule has 7 heteroatoms. The average molecular weight is 340 g/mol. The summed E-state index contributed by atoms with van der Waals surface area (Å²) in [5, 5.41) is 14.1. The molecule has 0 radical (unpaired) electrons. The van der Waals surface area contributed by atoms with Gasteiger partial charge in [0.25, 0.3) is 5.69 Å². The van der Waals surface area contributed by atoms with E-state index in [-0.39, 0.29) is 10.6 Å². The summed E-state index contributed by atoms with van der Waals surface area (Å²) in [5.41, 5.74) is 0.717. The van der Waals surface area contributed by atoms with Crippen LogP contribution >= 0.6 is 15.9 Å². The fraction of sp³-hybridized carbons (Fsp3) is 0.308. The van der Waals surface area contributed by atoms with Crippen LogP contribution in [0.25, 0.3) is 0 Å². The van der Waals surface area contributed by atoms with Gasteiger partial charge >= 0.3 is 0 Å². The number of aromatic nitrogens is 1. The summed E-state index contributed by atoms with van der Waals surface area (Å²) in [7, 11) is 0. The van der Waals surface area contributed by atoms with Crippen LogP contribution in [0.3, 0.4) is 0 Å². The zero-order valence-corrected chi connectivity index (χ0v) is 12.5. The number of hydrogen-bond acceptors (Lipinski definition) is 5. The number of hydrogen-bond donors (Lipinski definition) is 1. The van der Waals surface area contributed by atoms with Gasteiger partial charge in [0.1, 0.15) is 5.76 Å². The van der Waals surface area contributed by atoms with Crippen LogP contribution in [-0.4, -0.2) is 9.91 Å². The lowest BCUT2D eigenvalue weighted by molar-refractivity contribution is -0.385. The summed E-state index contributed by atoms with van der Waals surface area (Å²) in [6, 6.07) is 5.00. The number of benzene rings is 1. The summed E-state index contributed by atoms with van der Waals surface area (Å²) < 4.78 is 6.14. The Morgan fingerprint density at radius 3 is 2.90 bits per heavy atom. The summed E-state index contributed by atoms with van der Waals surface area (Å²) in [5.74, 6) is 1.41. The van der Waals surface area contributed by atoms with E-state index in [9.17, 15) is 10.1 Å². The lowest BCUT2D eigenvalue weighted by Gasteiger charge is -2.04. The van der Waals surface area contributed by atoms with Gasteiger partial charge in [-0.2, -0.15) is 0 Å². The highest BCUT2D eigenvalue weighted by atomic mass is 79.9. The molecule has 0 saturated heterocycles. The van der Waals surface area contributed by atoms with Crippen LogP contribution < -0.4 is 5.32 Å². The average Bonchev–Trinajstić information content (AvgIpc) is 2.88. The monoisotopic (exact) mass is 339 g/mol. The van der Waals surface area contributed by atoms with Gasteiger partial charge in [-0.05, 0) is 12.1 Å². The Morgan fingerprint density at radius 2 is 2.25 bits per heavy atom. The third-order valence-corrected chi connectivity index (χ3v) is 3.28. The highest BCUT2D eigenvalue weighted by Crippen LogP contribution is 2.23. The molecule has 1 aromatic carbocycles. The van der Waals surface area contributed by atoms with E-state index in [0.717, 1.165) is 12.2 Å². The fourth-order valence-electron chi connectivity index (χ4n) is 1.75. The second-order valence-electron chi connectivity index (χ2n) is 4.21. The molecule has 6 nitrogen and oxygen atoms in total. The molecule has 0 aliphatic carbocycles. The van der Waals surface area contributed by atoms with Gasteiger partial charge in [0.15, 0.2) is 0 Å². The number of nitro benzene ring substituents is 1. The first kappa shape index (κ1) is 14.7. The molecule has 0 fully saturated rings. The molecular weight excluding hydrogens is 326 g/mol. The number of oxazole rings is 1. The summed E-state index contributed by atoms with van der Waals surface area (Å²) in [4.78, 5) is 14.7. The molecule has 1 heterocycles. The summed E-state index contributed by atoms with van der Waals surface area (Å²) in [6.45, 7) is 2.81. The van der Waals surface area contributed by atoms with Crippen molar-refractivity contribution in [1.29, 1.82) is 0 Å². The van der Waals surface area contributed by atoms with Crippen molar-refractivity contribution < 1.29 is 9.34 Å². The number of nitrogens with one attached hydrogen (secondary N) is 1. The Balaban J connectivity index is 1.98. The van der Waals surface area contributed by atoms with Crippen molar-refractivity contribution in [2.45, 2.75) is 26.4 Å². The third-order valence-electron chi connectivity index (χ3n) is 2.79. The number of rotatable bonds is 6. The van der Waals surface area contributed by atoms with E-state index in [1.54, 1.807) is 18.3 Å². The molecule has 20 heavy (non-hydrogen) atoms. The first-order chi connectivity index (χ1) is 9.60. The minimum absolute atomic E-state index is 0.0912. The van der Waals surface area contributed by atoms with E-state index >= 15 is 0 Å². The number of halogens is 1. The lowest BCUT2D eigenvalue weighted by atomic mass is 10.2. The molecule has 0 aliphatic rings. The first-order valence-corrected chi connectivity index (χ1v) is 6.96. The van der Waals surface area contributed by atoms with Crippen LogP contribution in [0, 0.1) is 10.1 Å². The van der Waals surface area contributed by atoms with Crippen molar-refractivity contribution in [3.63, 3.8) is 0 Å². The van der Waals surface area contributed by atoms with Gasteiger partial charge in [-0.25, -0.2) is 4.98 Å². The van der Waals surface area contributed by atoms with E-state index in [4.69, 9.17) is 4.42 Å². The highest BCUT2D eigenvalue weighted by Gasteiger charge is 2.13. The maximum Gasteiger partial charge on any atom is 0.275 e. The molecule has 106 valence electrons. The van der Waals surface area contributed by atoms with E-state index in [1.807, 2.05) is 6.92 Å². The fourth-order valence-corrected chi connectivity index (χ4v) is 2.10. The zero-order valence-electron chi connectivity index (χ0n) is 10.9. The van der Waals surface area contributed by atoms with Crippen molar-refractivity contribution in [2.24, 2.45) is 0 Å². The van der Waals surface area contributed by atoms with Crippen LogP contribution in [-0.2, 0) is 19.5 Å². The number of nitrogens with zero attached hydrogens (tertiary/aromatic N) is 2. The van der Waals surface area contributed by atoms with Crippen molar-refractivity contribution in [3.05, 3.63) is 56.2 Å². The molecule has 0 saturated carbocycles. The van der Waals surface area contributed by atoms with E-state index in [0.29, 0.717) is 29.0 Å². The SMILES string of the molecule is CCc1cnc(CNCc2ccc(Br)cc2[N+](=O)[O-])o1. The molecule has 0 aliphatic heterocycles. The zero-order chi connectivity index (χ0) is 14.5. The Kier molecular flexibility index (Phi) is 4.86. The predicted octanol–water partition coefficient (Wildman–Crippen LogP) is 3.20. The van der Waals surface area contributed by atoms with Crippen molar-refractivity contribution >= 4 is 21.6 Å². The van der Waals surface area contributed by atoms with Crippen LogP contribution in [0.5, 0.6) is 0 Å². The molecule has 0 bridgehead atoms. The van der Waals surface area contributed by atoms with E-state index < -0.39 is 0 Å². The molecule has 2 aromatic rings. The quantitative estimate of drug-likeness (QED) is 0.645. The highest BCUT2D eigenvalue weighted by molar-refractivity contribution is 9.10. The molecule has 0 atom stereocenters. The molecule has 0 spiro atoms. The van der Waals surface area contributed by atoms with Crippen molar-refractivity contribution in [3.8, 4) is 0 Å². The maximum atomic E-state index is 11.0. The topological polar surface area (TPSA) is 81.2 Å². The van der Waals surface area contributed by atoms with Gasteiger partial charge in [0.05, 0.1) is 17.7 Å². The van der Waals surface area contributed by atoms with Gasteiger partial charge in [0.2, 0.25) is 5.89 Å². The Labute approximate surface area is 124 Å². The normalized spacial score (nSPS) is 10.7. The van der Waals surface area contributed by atoms with E-state index in [2.05, 4.69) is 26.2 Å². The second kappa shape index (κ2) is 6.62. The molecule has 0 amide bonds. The summed E-state index contributed by atoms with van der Waals surface area (Å²) in [6.07, 6.45) is 2.49. The Hall–Kier alpha value is -1.73. The first-order valence-electron chi connectivity index (χ1n) is 6.17. The van der Waals surface area contributed by atoms with Crippen molar-refractivity contribution in [2.75, 3.05) is 0 Å². The minimum Gasteiger partial charge on any atom is -0.444 e. The van der Waals surface area contributed by atoms with Crippen LogP contribution in [0.2, 0.25) is 0 Å². The molecular formula is C13H14BrN3O3. The number of nitro groups is 1. The van der Waals surface area contributed by atoms with Gasteiger partial charge in [0, 0.05) is 29.1 Å². The largest absolute Gasteiger partial charge is 0.444 e. The van der Waals surface area contributed by atoms with Crippen LogP contribution in [0.4, 0.5) is 5.69 Å². The van der Waals surface area contributed by atoms with Crippen LogP contribution in [0.15, 0.2) is 33.3 Å². The predicted molar refractivity (Wildman–Crippen MR) is 77.2 cm³/mol. The van der Waals surface area contributed by atoms with Gasteiger partial charge in [-0.1, -0.05) is 22.9 Å².